The van der Waals surface area contributed by atoms with Crippen molar-refractivity contribution in [2.24, 2.45) is 0 Å². The van der Waals surface area contributed by atoms with Crippen molar-refractivity contribution in [3.8, 4) is 5.75 Å². The maximum atomic E-state index is 6.24. The van der Waals surface area contributed by atoms with Gasteiger partial charge >= 0.3 is 0 Å². The second kappa shape index (κ2) is 5.70. The molecule has 2 heterocycles. The molecule has 2 aliphatic rings. The second-order valence-corrected chi connectivity index (χ2v) is 6.05. The van der Waals surface area contributed by atoms with Crippen molar-refractivity contribution in [2.75, 3.05) is 13.7 Å². The molecule has 1 saturated carbocycles. The first-order valence-corrected chi connectivity index (χ1v) is 7.62. The van der Waals surface area contributed by atoms with Crippen molar-refractivity contribution in [2.45, 2.75) is 57.3 Å². The number of hydrogen-bond acceptors (Lipinski definition) is 4. The highest BCUT2D eigenvalue weighted by atomic mass is 16.5. The van der Waals surface area contributed by atoms with E-state index >= 15 is 0 Å². The standard InChI is InChI=1S/C16H24N2O2/c1-12-4-5-15(14(18-12)11-17-2)20-13-6-9-19-16(10-13)7-3-8-16/h4-5,13,17H,3,6-11H2,1-2H3. The van der Waals surface area contributed by atoms with E-state index in [9.17, 15) is 0 Å². The summed E-state index contributed by atoms with van der Waals surface area (Å²) in [6, 6.07) is 4.07. The van der Waals surface area contributed by atoms with Gasteiger partial charge in [-0.3, -0.25) is 4.98 Å². The summed E-state index contributed by atoms with van der Waals surface area (Å²) in [5, 5.41) is 3.16. The molecule has 1 spiro atoms. The maximum absolute atomic E-state index is 6.24. The van der Waals surface area contributed by atoms with Crippen LogP contribution in [0.5, 0.6) is 5.75 Å². The number of nitrogens with one attached hydrogen (secondary N) is 1. The van der Waals surface area contributed by atoms with Gasteiger partial charge in [0.25, 0.3) is 0 Å². The predicted octanol–water partition coefficient (Wildman–Crippen LogP) is 2.59. The number of pyridine rings is 1. The predicted molar refractivity (Wildman–Crippen MR) is 77.9 cm³/mol. The molecular weight excluding hydrogens is 252 g/mol. The molecule has 1 aromatic heterocycles. The molecule has 1 atom stereocenters. The van der Waals surface area contributed by atoms with E-state index in [-0.39, 0.29) is 11.7 Å². The Kier molecular flexibility index (Phi) is 3.94. The lowest BCUT2D eigenvalue weighted by Gasteiger charge is -2.47. The molecule has 4 nitrogen and oxygen atoms in total. The Bertz CT molecular complexity index is 472. The average molecular weight is 276 g/mol. The molecule has 1 aliphatic carbocycles. The van der Waals surface area contributed by atoms with Gasteiger partial charge in [0, 0.05) is 25.1 Å². The summed E-state index contributed by atoms with van der Waals surface area (Å²) in [7, 11) is 1.94. The van der Waals surface area contributed by atoms with Crippen LogP contribution in [-0.4, -0.2) is 30.3 Å². The number of hydrogen-bond donors (Lipinski definition) is 1. The fourth-order valence-electron chi connectivity index (χ4n) is 3.18. The van der Waals surface area contributed by atoms with E-state index in [2.05, 4.69) is 16.4 Å². The minimum Gasteiger partial charge on any atom is -0.488 e. The number of ether oxygens (including phenoxy) is 2. The van der Waals surface area contributed by atoms with Gasteiger partial charge in [-0.15, -0.1) is 0 Å². The molecule has 20 heavy (non-hydrogen) atoms. The van der Waals surface area contributed by atoms with E-state index < -0.39 is 0 Å². The maximum Gasteiger partial charge on any atom is 0.142 e. The first-order chi connectivity index (χ1) is 9.71. The van der Waals surface area contributed by atoms with Crippen LogP contribution >= 0.6 is 0 Å². The van der Waals surface area contributed by atoms with E-state index in [1.54, 1.807) is 0 Å². The highest BCUT2D eigenvalue weighted by Gasteiger charge is 2.43. The Morgan fingerprint density at radius 2 is 2.30 bits per heavy atom. The lowest BCUT2D eigenvalue weighted by Crippen LogP contribution is -2.48. The summed E-state index contributed by atoms with van der Waals surface area (Å²) in [5.74, 6) is 0.923. The Balaban J connectivity index is 1.70. The van der Waals surface area contributed by atoms with Crippen molar-refractivity contribution in [1.29, 1.82) is 0 Å². The molecule has 1 unspecified atom stereocenters. The summed E-state index contributed by atoms with van der Waals surface area (Å²) in [4.78, 5) is 4.58. The summed E-state index contributed by atoms with van der Waals surface area (Å²) in [6.07, 6.45) is 5.97. The first kappa shape index (κ1) is 13.8. The molecule has 1 N–H and O–H groups in total. The minimum absolute atomic E-state index is 0.129. The zero-order valence-electron chi connectivity index (χ0n) is 12.4. The molecule has 0 aromatic carbocycles. The molecule has 2 fully saturated rings. The fourth-order valence-corrected chi connectivity index (χ4v) is 3.18. The molecular formula is C16H24N2O2. The second-order valence-electron chi connectivity index (χ2n) is 6.05. The van der Waals surface area contributed by atoms with Crippen molar-refractivity contribution in [3.63, 3.8) is 0 Å². The van der Waals surface area contributed by atoms with Gasteiger partial charge < -0.3 is 14.8 Å². The van der Waals surface area contributed by atoms with Gasteiger partial charge in [0.15, 0.2) is 0 Å². The highest BCUT2D eigenvalue weighted by molar-refractivity contribution is 5.29. The third-order valence-electron chi connectivity index (χ3n) is 4.42. The van der Waals surface area contributed by atoms with Crippen molar-refractivity contribution >= 4 is 0 Å². The fraction of sp³-hybridized carbons (Fsp3) is 0.688. The molecule has 0 bridgehead atoms. The Morgan fingerprint density at radius 1 is 1.45 bits per heavy atom. The zero-order valence-corrected chi connectivity index (χ0v) is 12.4. The SMILES string of the molecule is CNCc1nc(C)ccc1OC1CCOC2(CCC2)C1. The Morgan fingerprint density at radius 3 is 3.00 bits per heavy atom. The van der Waals surface area contributed by atoms with Crippen LogP contribution in [0.2, 0.25) is 0 Å². The van der Waals surface area contributed by atoms with Crippen molar-refractivity contribution in [1.82, 2.24) is 10.3 Å². The van der Waals surface area contributed by atoms with Crippen LogP contribution in [-0.2, 0) is 11.3 Å². The van der Waals surface area contributed by atoms with Crippen LogP contribution in [0.4, 0.5) is 0 Å². The molecule has 1 saturated heterocycles. The molecule has 3 rings (SSSR count). The summed E-state index contributed by atoms with van der Waals surface area (Å²) >= 11 is 0. The lowest BCUT2D eigenvalue weighted by atomic mass is 9.74. The summed E-state index contributed by atoms with van der Waals surface area (Å²) in [5.41, 5.74) is 2.16. The van der Waals surface area contributed by atoms with Crippen molar-refractivity contribution < 1.29 is 9.47 Å². The van der Waals surface area contributed by atoms with E-state index in [1.165, 1.54) is 19.3 Å². The third kappa shape index (κ3) is 2.81. The van der Waals surface area contributed by atoms with Gasteiger partial charge in [0.2, 0.25) is 0 Å². The van der Waals surface area contributed by atoms with Crippen LogP contribution < -0.4 is 10.1 Å². The Hall–Kier alpha value is -1.13. The normalized spacial score (nSPS) is 24.4. The Labute approximate surface area is 120 Å². The topological polar surface area (TPSA) is 43.4 Å². The van der Waals surface area contributed by atoms with Crippen LogP contribution in [0, 0.1) is 6.92 Å². The largest absolute Gasteiger partial charge is 0.488 e. The number of aryl methyl sites for hydroxylation is 1. The lowest BCUT2D eigenvalue weighted by molar-refractivity contribution is -0.153. The molecule has 4 heteroatoms. The summed E-state index contributed by atoms with van der Waals surface area (Å²) < 4.78 is 12.2. The highest BCUT2D eigenvalue weighted by Crippen LogP contribution is 2.43. The van der Waals surface area contributed by atoms with Crippen LogP contribution in [0.1, 0.15) is 43.5 Å². The van der Waals surface area contributed by atoms with Crippen LogP contribution in [0.3, 0.4) is 0 Å². The van der Waals surface area contributed by atoms with Gasteiger partial charge in [0.05, 0.1) is 17.9 Å². The van der Waals surface area contributed by atoms with Gasteiger partial charge in [-0.2, -0.15) is 0 Å². The smallest absolute Gasteiger partial charge is 0.142 e. The molecule has 1 aliphatic heterocycles. The van der Waals surface area contributed by atoms with E-state index in [1.807, 2.05) is 20.0 Å². The van der Waals surface area contributed by atoms with Gasteiger partial charge in [-0.05, 0) is 45.4 Å². The molecule has 0 radical (unpaired) electrons. The van der Waals surface area contributed by atoms with E-state index in [0.717, 1.165) is 43.1 Å². The molecule has 0 amide bonds. The van der Waals surface area contributed by atoms with Crippen molar-refractivity contribution in [3.05, 3.63) is 23.5 Å². The van der Waals surface area contributed by atoms with Crippen LogP contribution in [0.15, 0.2) is 12.1 Å². The van der Waals surface area contributed by atoms with Gasteiger partial charge in [-0.25, -0.2) is 0 Å². The minimum atomic E-state index is 0.129. The van der Waals surface area contributed by atoms with Crippen LogP contribution in [0.25, 0.3) is 0 Å². The monoisotopic (exact) mass is 276 g/mol. The molecule has 1 aromatic rings. The average Bonchev–Trinajstić information content (AvgIpc) is 2.41. The number of nitrogens with zero attached hydrogens (tertiary/aromatic N) is 1. The summed E-state index contributed by atoms with van der Waals surface area (Å²) in [6.45, 7) is 3.58. The van der Waals surface area contributed by atoms with E-state index in [0.29, 0.717) is 0 Å². The quantitative estimate of drug-likeness (QED) is 0.918. The van der Waals surface area contributed by atoms with Gasteiger partial charge in [-0.1, -0.05) is 0 Å². The molecule has 110 valence electrons. The number of aromatic nitrogens is 1. The first-order valence-electron chi connectivity index (χ1n) is 7.62. The zero-order chi connectivity index (χ0) is 14.0. The van der Waals surface area contributed by atoms with E-state index in [4.69, 9.17) is 9.47 Å². The van der Waals surface area contributed by atoms with Gasteiger partial charge in [0.1, 0.15) is 11.9 Å². The third-order valence-corrected chi connectivity index (χ3v) is 4.42. The number of rotatable bonds is 4.